The van der Waals surface area contributed by atoms with Crippen LogP contribution in [0, 0.1) is 0 Å². The standard InChI is InChI=1S/C24H24N2O/c1-24(2,3)21-13-9-20(10-14-21)23-25-17-26(27-23)22-15-11-19(12-16-22)18-7-5-4-6-8-18/h4-16H,17H2,1-3H3. The molecule has 0 fully saturated rings. The molecule has 0 N–H and O–H groups in total. The third-order valence-electron chi connectivity index (χ3n) is 4.80. The van der Waals surface area contributed by atoms with Gasteiger partial charge in [-0.1, -0.05) is 75.4 Å². The first-order valence-electron chi connectivity index (χ1n) is 9.27. The molecular formula is C24H24N2O. The second-order valence-electron chi connectivity index (χ2n) is 7.81. The molecule has 0 aromatic heterocycles. The van der Waals surface area contributed by atoms with Gasteiger partial charge in [0.2, 0.25) is 0 Å². The summed E-state index contributed by atoms with van der Waals surface area (Å²) in [6.45, 7) is 7.15. The van der Waals surface area contributed by atoms with Crippen LogP contribution in [-0.4, -0.2) is 12.6 Å². The average molecular weight is 356 g/mol. The molecule has 0 bridgehead atoms. The van der Waals surface area contributed by atoms with E-state index in [1.54, 1.807) is 0 Å². The third-order valence-corrected chi connectivity index (χ3v) is 4.80. The van der Waals surface area contributed by atoms with Crippen molar-refractivity contribution >= 4 is 11.6 Å². The molecule has 1 heterocycles. The Bertz CT molecular complexity index is 936. The summed E-state index contributed by atoms with van der Waals surface area (Å²) in [5, 5.41) is 1.82. The molecule has 0 amide bonds. The summed E-state index contributed by atoms with van der Waals surface area (Å²) in [7, 11) is 0. The van der Waals surface area contributed by atoms with Crippen LogP contribution in [0.5, 0.6) is 0 Å². The van der Waals surface area contributed by atoms with Gasteiger partial charge in [0.15, 0.2) is 0 Å². The molecule has 1 aliphatic rings. The van der Waals surface area contributed by atoms with Gasteiger partial charge in [0.25, 0.3) is 5.90 Å². The van der Waals surface area contributed by atoms with Gasteiger partial charge in [0.05, 0.1) is 5.69 Å². The zero-order valence-electron chi connectivity index (χ0n) is 16.0. The molecular weight excluding hydrogens is 332 g/mol. The summed E-state index contributed by atoms with van der Waals surface area (Å²) >= 11 is 0. The van der Waals surface area contributed by atoms with Crippen LogP contribution in [0.2, 0.25) is 0 Å². The lowest BCUT2D eigenvalue weighted by Crippen LogP contribution is -2.20. The zero-order valence-corrected chi connectivity index (χ0v) is 16.0. The lowest BCUT2D eigenvalue weighted by Gasteiger charge is -2.19. The van der Waals surface area contributed by atoms with E-state index in [2.05, 4.69) is 98.6 Å². The van der Waals surface area contributed by atoms with Gasteiger partial charge < -0.3 is 4.84 Å². The van der Waals surface area contributed by atoms with Crippen molar-refractivity contribution in [2.24, 2.45) is 4.99 Å². The van der Waals surface area contributed by atoms with Crippen molar-refractivity contribution in [1.29, 1.82) is 0 Å². The Hall–Kier alpha value is -3.07. The van der Waals surface area contributed by atoms with Crippen LogP contribution in [0.1, 0.15) is 31.9 Å². The van der Waals surface area contributed by atoms with Crippen LogP contribution >= 0.6 is 0 Å². The molecule has 0 unspecified atom stereocenters. The number of hydroxylamine groups is 1. The lowest BCUT2D eigenvalue weighted by molar-refractivity contribution is 0.300. The quantitative estimate of drug-likeness (QED) is 0.592. The number of hydrogen-bond acceptors (Lipinski definition) is 3. The van der Waals surface area contributed by atoms with Crippen LogP contribution in [0.25, 0.3) is 11.1 Å². The Morgan fingerprint density at radius 2 is 1.33 bits per heavy atom. The van der Waals surface area contributed by atoms with Crippen molar-refractivity contribution in [2.45, 2.75) is 26.2 Å². The van der Waals surface area contributed by atoms with Crippen molar-refractivity contribution in [3.63, 3.8) is 0 Å². The van der Waals surface area contributed by atoms with Crippen LogP contribution in [0.4, 0.5) is 5.69 Å². The van der Waals surface area contributed by atoms with Crippen LogP contribution in [0.3, 0.4) is 0 Å². The molecule has 0 atom stereocenters. The minimum atomic E-state index is 0.142. The molecule has 27 heavy (non-hydrogen) atoms. The van der Waals surface area contributed by atoms with Crippen molar-refractivity contribution in [3.8, 4) is 11.1 Å². The molecule has 0 saturated heterocycles. The summed E-state index contributed by atoms with van der Waals surface area (Å²) in [4.78, 5) is 10.5. The first kappa shape index (κ1) is 17.3. The van der Waals surface area contributed by atoms with E-state index in [1.807, 2.05) is 11.1 Å². The predicted octanol–water partition coefficient (Wildman–Crippen LogP) is 5.81. The SMILES string of the molecule is CC(C)(C)c1ccc(C2=NCN(c3ccc(-c4ccccc4)cc3)O2)cc1. The Kier molecular flexibility index (Phi) is 4.44. The van der Waals surface area contributed by atoms with Gasteiger partial charge in [-0.05, 0) is 46.4 Å². The lowest BCUT2D eigenvalue weighted by atomic mass is 9.87. The van der Waals surface area contributed by atoms with Gasteiger partial charge in [-0.3, -0.25) is 0 Å². The number of anilines is 1. The molecule has 3 heteroatoms. The molecule has 0 saturated carbocycles. The monoisotopic (exact) mass is 356 g/mol. The largest absolute Gasteiger partial charge is 0.357 e. The maximum absolute atomic E-state index is 5.99. The first-order chi connectivity index (χ1) is 13.0. The third kappa shape index (κ3) is 3.72. The molecule has 136 valence electrons. The molecule has 3 aromatic rings. The van der Waals surface area contributed by atoms with Gasteiger partial charge >= 0.3 is 0 Å². The molecule has 4 rings (SSSR count). The highest BCUT2D eigenvalue weighted by atomic mass is 16.7. The highest BCUT2D eigenvalue weighted by molar-refractivity contribution is 5.95. The normalized spacial score (nSPS) is 14.0. The fourth-order valence-electron chi connectivity index (χ4n) is 3.13. The number of hydrogen-bond donors (Lipinski definition) is 0. The minimum absolute atomic E-state index is 0.142. The topological polar surface area (TPSA) is 24.8 Å². The van der Waals surface area contributed by atoms with E-state index >= 15 is 0 Å². The van der Waals surface area contributed by atoms with Crippen molar-refractivity contribution in [3.05, 3.63) is 90.0 Å². The molecule has 0 spiro atoms. The highest BCUT2D eigenvalue weighted by Gasteiger charge is 2.20. The Balaban J connectivity index is 1.46. The van der Waals surface area contributed by atoms with E-state index in [4.69, 9.17) is 4.84 Å². The second kappa shape index (κ2) is 6.92. The number of benzene rings is 3. The number of nitrogens with zero attached hydrogens (tertiary/aromatic N) is 2. The van der Waals surface area contributed by atoms with E-state index in [-0.39, 0.29) is 5.41 Å². The molecule has 1 aliphatic heterocycles. The molecule has 3 nitrogen and oxygen atoms in total. The van der Waals surface area contributed by atoms with Gasteiger partial charge in [-0.2, -0.15) is 5.06 Å². The van der Waals surface area contributed by atoms with Gasteiger partial charge in [0.1, 0.15) is 6.67 Å². The summed E-state index contributed by atoms with van der Waals surface area (Å²) in [5.74, 6) is 0.669. The fraction of sp³-hybridized carbons (Fsp3) is 0.208. The smallest absolute Gasteiger partial charge is 0.250 e. The van der Waals surface area contributed by atoms with Crippen molar-refractivity contribution in [2.75, 3.05) is 11.7 Å². The van der Waals surface area contributed by atoms with Gasteiger partial charge in [0, 0.05) is 5.56 Å². The highest BCUT2D eigenvalue weighted by Crippen LogP contribution is 2.26. The van der Waals surface area contributed by atoms with Crippen LogP contribution < -0.4 is 5.06 Å². The molecule has 3 aromatic carbocycles. The van der Waals surface area contributed by atoms with Crippen LogP contribution in [0.15, 0.2) is 83.9 Å². The summed E-state index contributed by atoms with van der Waals surface area (Å²) in [6.07, 6.45) is 0. The van der Waals surface area contributed by atoms with E-state index in [9.17, 15) is 0 Å². The zero-order chi connectivity index (χ0) is 18.9. The molecule has 0 aliphatic carbocycles. The van der Waals surface area contributed by atoms with Gasteiger partial charge in [-0.25, -0.2) is 4.99 Å². The minimum Gasteiger partial charge on any atom is -0.357 e. The number of rotatable bonds is 3. The average Bonchev–Trinajstić information content (AvgIpc) is 3.18. The Morgan fingerprint density at radius 3 is 1.96 bits per heavy atom. The first-order valence-corrected chi connectivity index (χ1v) is 9.27. The fourth-order valence-corrected chi connectivity index (χ4v) is 3.13. The van der Waals surface area contributed by atoms with E-state index in [0.717, 1.165) is 11.3 Å². The number of aliphatic imine (C=N–C) groups is 1. The Morgan fingerprint density at radius 1 is 0.741 bits per heavy atom. The maximum atomic E-state index is 5.99. The van der Waals surface area contributed by atoms with Gasteiger partial charge in [-0.15, -0.1) is 0 Å². The van der Waals surface area contributed by atoms with E-state index in [0.29, 0.717) is 12.6 Å². The summed E-state index contributed by atoms with van der Waals surface area (Å²) in [6, 6.07) is 27.2. The second-order valence-corrected chi connectivity index (χ2v) is 7.81. The summed E-state index contributed by atoms with van der Waals surface area (Å²) in [5.41, 5.74) is 5.85. The van der Waals surface area contributed by atoms with E-state index < -0.39 is 0 Å². The van der Waals surface area contributed by atoms with Crippen molar-refractivity contribution in [1.82, 2.24) is 0 Å². The summed E-state index contributed by atoms with van der Waals surface area (Å²) < 4.78 is 0. The Labute approximate surface area is 160 Å². The molecule has 0 radical (unpaired) electrons. The maximum Gasteiger partial charge on any atom is 0.250 e. The predicted molar refractivity (Wildman–Crippen MR) is 112 cm³/mol. The van der Waals surface area contributed by atoms with E-state index in [1.165, 1.54) is 16.7 Å². The van der Waals surface area contributed by atoms with Crippen LogP contribution in [-0.2, 0) is 10.3 Å². The van der Waals surface area contributed by atoms with Crippen molar-refractivity contribution < 1.29 is 4.84 Å².